The Labute approximate surface area is 227 Å². The van der Waals surface area contributed by atoms with E-state index < -0.39 is 11.0 Å². The molecule has 5 aliphatic rings. The molecule has 1 heterocycles. The van der Waals surface area contributed by atoms with Crippen LogP contribution in [-0.4, -0.2) is 42.0 Å². The van der Waals surface area contributed by atoms with Gasteiger partial charge in [-0.05, 0) is 80.5 Å². The summed E-state index contributed by atoms with van der Waals surface area (Å²) in [5.41, 5.74) is -1.60. The third-order valence-electron chi connectivity index (χ3n) is 12.5. The number of cyclic esters (lactones) is 1. The first-order valence-electron chi connectivity index (χ1n) is 14.7. The highest BCUT2D eigenvalue weighted by Crippen LogP contribution is 2.75. The second-order valence-corrected chi connectivity index (χ2v) is 14.6. The minimum atomic E-state index is -0.787. The van der Waals surface area contributed by atoms with E-state index in [-0.39, 0.29) is 64.5 Å². The molecule has 7 nitrogen and oxygen atoms in total. The number of rotatable bonds is 4. The third-order valence-corrected chi connectivity index (χ3v) is 12.5. The summed E-state index contributed by atoms with van der Waals surface area (Å²) in [6, 6.07) is 0. The molecule has 0 aromatic carbocycles. The van der Waals surface area contributed by atoms with E-state index in [4.69, 9.17) is 14.2 Å². The molecule has 0 aromatic heterocycles. The molecule has 5 rings (SSSR count). The maximum absolute atomic E-state index is 13.9. The number of Topliss-reactive ketones (excluding diaryl/α,β-unsaturated/α-hetero) is 1. The maximum atomic E-state index is 13.9. The Balaban J connectivity index is 1.55. The van der Waals surface area contributed by atoms with Gasteiger partial charge in [0, 0.05) is 37.5 Å². The van der Waals surface area contributed by atoms with Crippen LogP contribution in [0, 0.1) is 45.3 Å². The molecule has 9 atom stereocenters. The van der Waals surface area contributed by atoms with Crippen molar-refractivity contribution in [3.8, 4) is 0 Å². The summed E-state index contributed by atoms with van der Waals surface area (Å²) in [6.45, 7) is 14.4. The molecule has 5 fully saturated rings. The Morgan fingerprint density at radius 1 is 0.895 bits per heavy atom. The fraction of sp³-hybridized carbons (Fsp3) is 0.871. The molecule has 0 radical (unpaired) electrons. The molecule has 1 saturated heterocycles. The van der Waals surface area contributed by atoms with Gasteiger partial charge in [-0.2, -0.15) is 0 Å². The number of carbonyl (C=O) groups is 4. The van der Waals surface area contributed by atoms with Crippen LogP contribution in [0.1, 0.15) is 106 Å². The van der Waals surface area contributed by atoms with Crippen molar-refractivity contribution in [2.24, 2.45) is 45.3 Å². The third kappa shape index (κ3) is 3.72. The van der Waals surface area contributed by atoms with Crippen molar-refractivity contribution in [1.29, 1.82) is 0 Å². The molecule has 0 N–H and O–H groups in total. The van der Waals surface area contributed by atoms with E-state index in [1.54, 1.807) is 0 Å². The lowest BCUT2D eigenvalue weighted by atomic mass is 9.35. The first-order valence-corrected chi connectivity index (χ1v) is 14.7. The van der Waals surface area contributed by atoms with E-state index in [2.05, 4.69) is 27.7 Å². The molecule has 4 saturated carbocycles. The average molecular weight is 531 g/mol. The van der Waals surface area contributed by atoms with Crippen LogP contribution in [0.4, 0.5) is 0 Å². The zero-order chi connectivity index (χ0) is 27.9. The van der Waals surface area contributed by atoms with Gasteiger partial charge in [0.15, 0.2) is 0 Å². The topological polar surface area (TPSA) is 96.0 Å². The molecular weight excluding hydrogens is 484 g/mol. The monoisotopic (exact) mass is 530 g/mol. The van der Waals surface area contributed by atoms with Crippen molar-refractivity contribution in [2.45, 2.75) is 118 Å². The largest absolute Gasteiger partial charge is 0.465 e. The lowest BCUT2D eigenvalue weighted by Gasteiger charge is -2.70. The van der Waals surface area contributed by atoms with Gasteiger partial charge in [0.2, 0.25) is 0 Å². The van der Waals surface area contributed by atoms with Gasteiger partial charge in [0.1, 0.15) is 17.5 Å². The van der Waals surface area contributed by atoms with E-state index in [9.17, 15) is 19.2 Å². The molecular formula is C31H46O7. The maximum Gasteiger partial charge on any atom is 0.306 e. The van der Waals surface area contributed by atoms with Crippen molar-refractivity contribution in [1.82, 2.24) is 0 Å². The van der Waals surface area contributed by atoms with Crippen molar-refractivity contribution in [2.75, 3.05) is 6.61 Å². The van der Waals surface area contributed by atoms with Gasteiger partial charge in [-0.1, -0.05) is 27.7 Å². The number of hydrogen-bond donors (Lipinski definition) is 0. The molecule has 0 aromatic rings. The summed E-state index contributed by atoms with van der Waals surface area (Å²) in [4.78, 5) is 50.2. The predicted molar refractivity (Wildman–Crippen MR) is 140 cm³/mol. The van der Waals surface area contributed by atoms with E-state index >= 15 is 0 Å². The highest BCUT2D eigenvalue weighted by molar-refractivity contribution is 5.87. The minimum absolute atomic E-state index is 0.0112. The molecule has 0 amide bonds. The smallest absolute Gasteiger partial charge is 0.306 e. The average Bonchev–Trinajstić information content (AvgIpc) is 3.31. The summed E-state index contributed by atoms with van der Waals surface area (Å²) in [5.74, 6) is -0.213. The molecule has 0 spiro atoms. The second-order valence-electron chi connectivity index (χ2n) is 14.6. The summed E-state index contributed by atoms with van der Waals surface area (Å²) < 4.78 is 17.5. The summed E-state index contributed by atoms with van der Waals surface area (Å²) >= 11 is 0. The fourth-order valence-electron chi connectivity index (χ4n) is 10.9. The lowest BCUT2D eigenvalue weighted by molar-refractivity contribution is -0.242. The SMILES string of the molecule is CC(=O)OC[C@@]12CC(=O)[C@H]([C@@]3(C)CCC(=O)O3)[C@H]1CC[C@@H]1[C@@]3(C)CC[C@H](OC(C)=O)C(C)(C)[C@@H]3CC[C@]12C. The molecule has 0 unspecified atom stereocenters. The molecule has 0 bridgehead atoms. The number of esters is 3. The second kappa shape index (κ2) is 8.79. The van der Waals surface area contributed by atoms with Crippen LogP contribution in [-0.2, 0) is 33.4 Å². The van der Waals surface area contributed by atoms with E-state index in [0.717, 1.165) is 38.5 Å². The van der Waals surface area contributed by atoms with Crippen LogP contribution >= 0.6 is 0 Å². The molecule has 7 heteroatoms. The van der Waals surface area contributed by atoms with Crippen LogP contribution in [0.5, 0.6) is 0 Å². The van der Waals surface area contributed by atoms with Gasteiger partial charge in [-0.15, -0.1) is 0 Å². The zero-order valence-electron chi connectivity index (χ0n) is 24.3. The van der Waals surface area contributed by atoms with Crippen LogP contribution < -0.4 is 0 Å². The van der Waals surface area contributed by atoms with E-state index in [1.165, 1.54) is 13.8 Å². The van der Waals surface area contributed by atoms with Gasteiger partial charge in [0.05, 0.1) is 12.5 Å². The van der Waals surface area contributed by atoms with Gasteiger partial charge in [-0.25, -0.2) is 0 Å². The quantitative estimate of drug-likeness (QED) is 0.354. The van der Waals surface area contributed by atoms with Crippen molar-refractivity contribution >= 4 is 23.7 Å². The Morgan fingerprint density at radius 2 is 1.61 bits per heavy atom. The van der Waals surface area contributed by atoms with E-state index in [1.807, 2.05) is 6.92 Å². The van der Waals surface area contributed by atoms with Gasteiger partial charge < -0.3 is 14.2 Å². The summed E-state index contributed by atoms with van der Waals surface area (Å²) in [6.07, 6.45) is 6.77. The van der Waals surface area contributed by atoms with Crippen LogP contribution in [0.15, 0.2) is 0 Å². The van der Waals surface area contributed by atoms with Crippen molar-refractivity contribution in [3.05, 3.63) is 0 Å². The number of ether oxygens (including phenoxy) is 3. The minimum Gasteiger partial charge on any atom is -0.465 e. The molecule has 38 heavy (non-hydrogen) atoms. The van der Waals surface area contributed by atoms with E-state index in [0.29, 0.717) is 31.1 Å². The van der Waals surface area contributed by atoms with Gasteiger partial charge in [0.25, 0.3) is 0 Å². The van der Waals surface area contributed by atoms with Crippen molar-refractivity contribution < 1.29 is 33.4 Å². The zero-order valence-corrected chi connectivity index (χ0v) is 24.3. The number of carbonyl (C=O) groups excluding carboxylic acids is 4. The lowest BCUT2D eigenvalue weighted by Crippen LogP contribution is -2.66. The normalized spacial score (nSPS) is 47.4. The Kier molecular flexibility index (Phi) is 6.39. The molecule has 212 valence electrons. The van der Waals surface area contributed by atoms with Crippen LogP contribution in [0.25, 0.3) is 0 Å². The molecule has 4 aliphatic carbocycles. The van der Waals surface area contributed by atoms with Gasteiger partial charge in [-0.3, -0.25) is 19.2 Å². The first kappa shape index (κ1) is 27.6. The predicted octanol–water partition coefficient (Wildman–Crippen LogP) is 5.42. The fourth-order valence-corrected chi connectivity index (χ4v) is 10.9. The number of fused-ring (bicyclic) bond motifs is 5. The first-order chi connectivity index (χ1) is 17.6. The Hall–Kier alpha value is -1.92. The number of hydrogen-bond acceptors (Lipinski definition) is 7. The standard InChI is InChI=1S/C31H46O7/c1-18(32)36-17-31-16-21(34)26(30(7)15-12-25(35)38-30)20(31)8-9-23-28(5)13-11-24(37-19(2)33)27(3,4)22(28)10-14-29(23,31)6/h20,22-24,26H,8-17H2,1-7H3/t20-,22+,23-,24+,26-,28+,29-,30-,31+/m1/s1. The summed E-state index contributed by atoms with van der Waals surface area (Å²) in [5, 5.41) is 0. The number of ketones is 1. The molecule has 1 aliphatic heterocycles. The van der Waals surface area contributed by atoms with Crippen molar-refractivity contribution in [3.63, 3.8) is 0 Å². The highest BCUT2D eigenvalue weighted by Gasteiger charge is 2.74. The van der Waals surface area contributed by atoms with Crippen LogP contribution in [0.2, 0.25) is 0 Å². The highest BCUT2D eigenvalue weighted by atomic mass is 16.6. The van der Waals surface area contributed by atoms with Gasteiger partial charge >= 0.3 is 17.9 Å². The van der Waals surface area contributed by atoms with Crippen LogP contribution in [0.3, 0.4) is 0 Å². The summed E-state index contributed by atoms with van der Waals surface area (Å²) in [7, 11) is 0. The Bertz CT molecular complexity index is 1050. The Morgan fingerprint density at radius 3 is 2.21 bits per heavy atom.